The van der Waals surface area contributed by atoms with Crippen LogP contribution in [0.25, 0.3) is 21.9 Å². The second-order valence-corrected chi connectivity index (χ2v) is 9.41. The lowest BCUT2D eigenvalue weighted by atomic mass is 10.0. The van der Waals surface area contributed by atoms with E-state index in [9.17, 15) is 4.79 Å². The van der Waals surface area contributed by atoms with Gasteiger partial charge in [0.25, 0.3) is 0 Å². The molecule has 2 saturated heterocycles. The molecule has 0 bridgehead atoms. The van der Waals surface area contributed by atoms with E-state index >= 15 is 0 Å². The molecule has 2 aliphatic rings. The van der Waals surface area contributed by atoms with Crippen molar-refractivity contribution in [2.75, 3.05) is 44.7 Å². The molecule has 180 valence electrons. The summed E-state index contributed by atoms with van der Waals surface area (Å²) >= 11 is 0. The van der Waals surface area contributed by atoms with Crippen LogP contribution in [0.1, 0.15) is 31.9 Å². The molecule has 34 heavy (non-hydrogen) atoms. The monoisotopic (exact) mass is 462 g/mol. The van der Waals surface area contributed by atoms with Crippen molar-refractivity contribution in [3.8, 4) is 11.1 Å². The lowest BCUT2D eigenvalue weighted by Crippen LogP contribution is -2.47. The number of fused-ring (bicyclic) bond motifs is 1. The molecular weight excluding hydrogens is 428 g/mol. The first-order valence-electron chi connectivity index (χ1n) is 12.3. The van der Waals surface area contributed by atoms with Crippen LogP contribution in [0.3, 0.4) is 0 Å². The number of carbonyl (C=O) groups is 1. The van der Waals surface area contributed by atoms with Crippen molar-refractivity contribution < 1.29 is 9.53 Å². The number of piperidine rings is 1. The van der Waals surface area contributed by atoms with Gasteiger partial charge in [0.15, 0.2) is 0 Å². The minimum absolute atomic E-state index is 0.0408. The van der Waals surface area contributed by atoms with Crippen LogP contribution < -0.4 is 5.32 Å². The summed E-state index contributed by atoms with van der Waals surface area (Å²) in [6, 6.07) is 8.15. The number of nitrogens with zero attached hydrogens (tertiary/aromatic N) is 5. The van der Waals surface area contributed by atoms with E-state index in [4.69, 9.17) is 4.74 Å². The molecule has 1 amide bonds. The molecule has 1 atom stereocenters. The largest absolute Gasteiger partial charge is 0.379 e. The molecule has 3 aromatic rings. The van der Waals surface area contributed by atoms with Crippen LogP contribution in [0.4, 0.5) is 5.82 Å². The van der Waals surface area contributed by atoms with Crippen molar-refractivity contribution >= 4 is 22.5 Å². The Balaban J connectivity index is 1.36. The number of morpholine rings is 1. The zero-order valence-electron chi connectivity index (χ0n) is 20.2. The summed E-state index contributed by atoms with van der Waals surface area (Å²) in [5.41, 5.74) is 3.54. The summed E-state index contributed by atoms with van der Waals surface area (Å²) in [6.07, 6.45) is 7.67. The van der Waals surface area contributed by atoms with Gasteiger partial charge in [-0.05, 0) is 55.9 Å². The number of aryl methyl sites for hydroxylation is 1. The Morgan fingerprint density at radius 1 is 1.06 bits per heavy atom. The van der Waals surface area contributed by atoms with Crippen LogP contribution in [0, 0.1) is 0 Å². The number of ether oxygens (including phenoxy) is 1. The van der Waals surface area contributed by atoms with E-state index in [-0.39, 0.29) is 11.9 Å². The van der Waals surface area contributed by atoms with Gasteiger partial charge in [-0.25, -0.2) is 4.98 Å². The predicted molar refractivity (Wildman–Crippen MR) is 134 cm³/mol. The Bertz CT molecular complexity index is 1150. The van der Waals surface area contributed by atoms with Gasteiger partial charge in [-0.1, -0.05) is 18.6 Å². The molecule has 2 aliphatic heterocycles. The summed E-state index contributed by atoms with van der Waals surface area (Å²) in [4.78, 5) is 22.0. The molecule has 0 saturated carbocycles. The normalized spacial score (nSPS) is 18.8. The van der Waals surface area contributed by atoms with E-state index in [2.05, 4.69) is 43.4 Å². The summed E-state index contributed by atoms with van der Waals surface area (Å²) in [5, 5.41) is 9.67. The average molecular weight is 463 g/mol. The van der Waals surface area contributed by atoms with Crippen LogP contribution in [-0.2, 0) is 23.1 Å². The van der Waals surface area contributed by atoms with Crippen LogP contribution in [-0.4, -0.2) is 75.9 Å². The fourth-order valence-electron chi connectivity index (χ4n) is 4.96. The quantitative estimate of drug-likeness (QED) is 0.606. The van der Waals surface area contributed by atoms with Crippen molar-refractivity contribution in [1.29, 1.82) is 0 Å². The lowest BCUT2D eigenvalue weighted by Gasteiger charge is -2.31. The summed E-state index contributed by atoms with van der Waals surface area (Å²) in [5.74, 6) is 0.537. The van der Waals surface area contributed by atoms with Crippen molar-refractivity contribution in [3.05, 3.63) is 42.4 Å². The zero-order valence-corrected chi connectivity index (χ0v) is 20.2. The Morgan fingerprint density at radius 3 is 2.65 bits per heavy atom. The highest BCUT2D eigenvalue weighted by atomic mass is 16.5. The zero-order chi connectivity index (χ0) is 23.5. The number of likely N-dealkylation sites (tertiary alicyclic amines) is 1. The van der Waals surface area contributed by atoms with Crippen molar-refractivity contribution in [1.82, 2.24) is 24.6 Å². The Hall–Kier alpha value is -2.81. The molecule has 0 spiro atoms. The van der Waals surface area contributed by atoms with E-state index in [1.807, 2.05) is 37.1 Å². The van der Waals surface area contributed by atoms with Crippen LogP contribution in [0.2, 0.25) is 0 Å². The molecule has 1 N–H and O–H groups in total. The third-order valence-corrected chi connectivity index (χ3v) is 7.14. The summed E-state index contributed by atoms with van der Waals surface area (Å²) < 4.78 is 7.40. The van der Waals surface area contributed by atoms with Crippen LogP contribution in [0.5, 0.6) is 0 Å². The van der Waals surface area contributed by atoms with Crippen LogP contribution in [0.15, 0.2) is 36.7 Å². The number of anilines is 1. The number of aromatic nitrogens is 3. The number of amides is 1. The topological polar surface area (TPSA) is 75.5 Å². The van der Waals surface area contributed by atoms with E-state index < -0.39 is 0 Å². The van der Waals surface area contributed by atoms with Gasteiger partial charge in [0.05, 0.1) is 31.1 Å². The first kappa shape index (κ1) is 23.0. The van der Waals surface area contributed by atoms with E-state index in [0.29, 0.717) is 19.0 Å². The van der Waals surface area contributed by atoms with Crippen molar-refractivity contribution in [3.63, 3.8) is 0 Å². The average Bonchev–Trinajstić information content (AvgIpc) is 3.24. The van der Waals surface area contributed by atoms with Crippen molar-refractivity contribution in [2.24, 2.45) is 7.05 Å². The summed E-state index contributed by atoms with van der Waals surface area (Å²) in [7, 11) is 2.02. The Morgan fingerprint density at radius 2 is 1.85 bits per heavy atom. The SMILES string of the molecule is CC(C(=O)Nc1cc2cc(-c3cnn(C)c3CN3CCCCC3)ccc2cn1)N1CCOCC1. The minimum Gasteiger partial charge on any atom is -0.379 e. The fraction of sp³-hybridized carbons (Fsp3) is 0.500. The molecule has 5 rings (SSSR count). The van der Waals surface area contributed by atoms with Gasteiger partial charge in [0, 0.05) is 43.8 Å². The molecular formula is C26H34N6O2. The number of nitrogens with one attached hydrogen (secondary N) is 1. The Labute approximate surface area is 200 Å². The second-order valence-electron chi connectivity index (χ2n) is 9.41. The van der Waals surface area contributed by atoms with E-state index in [0.717, 1.165) is 49.1 Å². The molecule has 1 unspecified atom stereocenters. The van der Waals surface area contributed by atoms with Gasteiger partial charge in [0.1, 0.15) is 5.82 Å². The molecule has 0 radical (unpaired) electrons. The number of hydrogen-bond donors (Lipinski definition) is 1. The third-order valence-electron chi connectivity index (χ3n) is 7.14. The maximum Gasteiger partial charge on any atom is 0.242 e. The molecule has 8 heteroatoms. The Kier molecular flexibility index (Phi) is 6.89. The first-order chi connectivity index (χ1) is 16.6. The lowest BCUT2D eigenvalue weighted by molar-refractivity contribution is -0.122. The molecule has 2 aromatic heterocycles. The van der Waals surface area contributed by atoms with E-state index in [1.165, 1.54) is 30.5 Å². The highest BCUT2D eigenvalue weighted by Crippen LogP contribution is 2.29. The van der Waals surface area contributed by atoms with Gasteiger partial charge in [-0.15, -0.1) is 0 Å². The van der Waals surface area contributed by atoms with Gasteiger partial charge in [0.2, 0.25) is 5.91 Å². The molecule has 4 heterocycles. The smallest absolute Gasteiger partial charge is 0.242 e. The predicted octanol–water partition coefficient (Wildman–Crippen LogP) is 3.28. The highest BCUT2D eigenvalue weighted by Gasteiger charge is 2.23. The van der Waals surface area contributed by atoms with Gasteiger partial charge >= 0.3 is 0 Å². The van der Waals surface area contributed by atoms with E-state index in [1.54, 1.807) is 0 Å². The molecule has 1 aromatic carbocycles. The number of hydrogen-bond acceptors (Lipinski definition) is 6. The van der Waals surface area contributed by atoms with Gasteiger partial charge < -0.3 is 10.1 Å². The molecule has 2 fully saturated rings. The number of benzene rings is 1. The number of rotatable bonds is 6. The van der Waals surface area contributed by atoms with Crippen LogP contribution >= 0.6 is 0 Å². The van der Waals surface area contributed by atoms with Crippen molar-refractivity contribution in [2.45, 2.75) is 38.8 Å². The highest BCUT2D eigenvalue weighted by molar-refractivity contribution is 5.96. The number of carbonyl (C=O) groups excluding carboxylic acids is 1. The maximum atomic E-state index is 12.8. The van der Waals surface area contributed by atoms with Gasteiger partial charge in [-0.3, -0.25) is 19.3 Å². The molecule has 0 aliphatic carbocycles. The third kappa shape index (κ3) is 4.99. The number of pyridine rings is 1. The standard InChI is InChI=1S/C26H34N6O2/c1-19(32-10-12-34-13-11-32)26(33)29-25-15-22-14-20(6-7-21(22)16-27-25)23-17-28-30(2)24(23)18-31-8-4-3-5-9-31/h6-7,14-17,19H,3-5,8-13,18H2,1-2H3,(H,27,29,33). The minimum atomic E-state index is -0.222. The fourth-order valence-corrected chi connectivity index (χ4v) is 4.96. The maximum absolute atomic E-state index is 12.8. The van der Waals surface area contributed by atoms with Gasteiger partial charge in [-0.2, -0.15) is 5.10 Å². The second kappa shape index (κ2) is 10.2. The first-order valence-corrected chi connectivity index (χ1v) is 12.3. The summed E-state index contributed by atoms with van der Waals surface area (Å²) in [6.45, 7) is 8.04. The molecule has 8 nitrogen and oxygen atoms in total.